The number of hydrogen-bond acceptors (Lipinski definition) is 8. The molecule has 0 aliphatic rings. The number of anilines is 1. The summed E-state index contributed by atoms with van der Waals surface area (Å²) in [5, 5.41) is 8.31. The molecule has 0 unspecified atom stereocenters. The maximum absolute atomic E-state index is 12.9. The summed E-state index contributed by atoms with van der Waals surface area (Å²) in [5.41, 5.74) is 1.87. The molecule has 0 heterocycles. The topological polar surface area (TPSA) is 169 Å². The molecule has 1 aromatic rings. The molecular formula is C18H27N3O7S. The molecule has 0 saturated heterocycles. The Morgan fingerprint density at radius 2 is 1.48 bits per heavy atom. The van der Waals surface area contributed by atoms with Crippen LogP contribution in [-0.2, 0) is 34.7 Å². The van der Waals surface area contributed by atoms with Crippen LogP contribution in [0, 0.1) is 5.41 Å². The van der Waals surface area contributed by atoms with Gasteiger partial charge in [-0.05, 0) is 59.2 Å². The van der Waals surface area contributed by atoms with Crippen molar-refractivity contribution in [1.29, 1.82) is 5.41 Å². The Bertz CT molecular complexity index is 884. The first kappa shape index (κ1) is 24.5. The van der Waals surface area contributed by atoms with Gasteiger partial charge in [0.2, 0.25) is 10.7 Å². The lowest BCUT2D eigenvalue weighted by Gasteiger charge is -2.32. The van der Waals surface area contributed by atoms with Crippen molar-refractivity contribution in [3.63, 3.8) is 0 Å². The Labute approximate surface area is 170 Å². The van der Waals surface area contributed by atoms with Crippen molar-refractivity contribution in [2.45, 2.75) is 58.3 Å². The van der Waals surface area contributed by atoms with Crippen LogP contribution in [0.2, 0.25) is 0 Å². The fraction of sp³-hybridized carbons (Fsp3) is 0.500. The zero-order valence-electron chi connectivity index (χ0n) is 17.2. The Morgan fingerprint density at radius 1 is 1.03 bits per heavy atom. The van der Waals surface area contributed by atoms with Crippen LogP contribution in [0.25, 0.3) is 0 Å². The Balaban J connectivity index is 3.47. The highest BCUT2D eigenvalue weighted by Gasteiger charge is 2.49. The number of nitrogens with two attached hydrogens (primary N) is 1. The molecular weight excluding hydrogens is 402 g/mol. The van der Waals surface area contributed by atoms with Crippen molar-refractivity contribution < 1.29 is 32.0 Å². The number of ether oxygens (including phenoxy) is 2. The molecule has 0 spiro atoms. The minimum Gasteiger partial charge on any atom is -0.458 e. The van der Waals surface area contributed by atoms with Crippen molar-refractivity contribution >= 4 is 32.9 Å². The number of hydrogen-bond donors (Lipinski definition) is 4. The van der Waals surface area contributed by atoms with Crippen LogP contribution >= 0.6 is 0 Å². The fourth-order valence-electron chi connectivity index (χ4n) is 2.07. The number of rotatable bonds is 4. The molecule has 162 valence electrons. The van der Waals surface area contributed by atoms with Crippen LogP contribution in [0.5, 0.6) is 0 Å². The first-order valence-corrected chi connectivity index (χ1v) is 9.99. The first-order valence-electron chi connectivity index (χ1n) is 8.55. The van der Waals surface area contributed by atoms with E-state index in [9.17, 15) is 18.0 Å². The third kappa shape index (κ3) is 6.80. The summed E-state index contributed by atoms with van der Waals surface area (Å²) in [6.07, 6.45) is 0. The average Bonchev–Trinajstić information content (AvgIpc) is 2.49. The van der Waals surface area contributed by atoms with Gasteiger partial charge in [-0.3, -0.25) is 9.96 Å². The van der Waals surface area contributed by atoms with Gasteiger partial charge >= 0.3 is 22.1 Å². The van der Waals surface area contributed by atoms with Gasteiger partial charge in [0.25, 0.3) is 0 Å². The van der Waals surface area contributed by atoms with E-state index < -0.39 is 44.0 Å². The fourth-order valence-corrected chi connectivity index (χ4v) is 2.32. The van der Waals surface area contributed by atoms with Crippen molar-refractivity contribution in [2.24, 2.45) is 5.73 Å². The highest BCUT2D eigenvalue weighted by molar-refractivity contribution is 8.01. The van der Waals surface area contributed by atoms with E-state index in [2.05, 4.69) is 5.32 Å². The van der Waals surface area contributed by atoms with Gasteiger partial charge in [-0.25, -0.2) is 9.59 Å². The van der Waals surface area contributed by atoms with Gasteiger partial charge in [-0.2, -0.15) is 8.42 Å². The smallest absolute Gasteiger partial charge is 0.343 e. The Morgan fingerprint density at radius 3 is 1.86 bits per heavy atom. The van der Waals surface area contributed by atoms with Crippen molar-refractivity contribution in [3.8, 4) is 0 Å². The first-order chi connectivity index (χ1) is 12.9. The maximum atomic E-state index is 12.9. The quantitative estimate of drug-likeness (QED) is 0.183. The number of amidine groups is 1. The predicted octanol–water partition coefficient (Wildman–Crippen LogP) is 1.76. The van der Waals surface area contributed by atoms with E-state index in [0.717, 1.165) is 0 Å². The van der Waals surface area contributed by atoms with Gasteiger partial charge in [-0.1, -0.05) is 12.1 Å². The molecule has 0 atom stereocenters. The van der Waals surface area contributed by atoms with E-state index in [1.807, 2.05) is 0 Å². The summed E-state index contributed by atoms with van der Waals surface area (Å²) in [5.74, 6) is -2.14. The molecule has 11 heteroatoms. The zero-order chi connectivity index (χ0) is 22.8. The van der Waals surface area contributed by atoms with Crippen molar-refractivity contribution in [3.05, 3.63) is 29.8 Å². The SMILES string of the molecule is CC(C)(C)OC(=O)C(N)(C(=O)OC(C)(C)C)c1cccc(NC(=N)S(=O)(=O)O)c1. The lowest BCUT2D eigenvalue weighted by molar-refractivity contribution is -0.177. The summed E-state index contributed by atoms with van der Waals surface area (Å²) >= 11 is 0. The molecule has 0 bridgehead atoms. The zero-order valence-corrected chi connectivity index (χ0v) is 18.0. The van der Waals surface area contributed by atoms with Crippen molar-refractivity contribution in [2.75, 3.05) is 5.32 Å². The average molecular weight is 429 g/mol. The molecule has 29 heavy (non-hydrogen) atoms. The largest absolute Gasteiger partial charge is 0.458 e. The summed E-state index contributed by atoms with van der Waals surface area (Å²) in [4.78, 5) is 25.7. The van der Waals surface area contributed by atoms with Crippen LogP contribution in [0.15, 0.2) is 24.3 Å². The number of benzene rings is 1. The molecule has 0 saturated carbocycles. The van der Waals surface area contributed by atoms with Gasteiger partial charge < -0.3 is 20.5 Å². The number of carbonyl (C=O) groups is 2. The highest BCUT2D eigenvalue weighted by Crippen LogP contribution is 2.28. The van der Waals surface area contributed by atoms with E-state index in [1.165, 1.54) is 24.3 Å². The molecule has 0 fully saturated rings. The van der Waals surface area contributed by atoms with Gasteiger partial charge in [0.15, 0.2) is 0 Å². The standard InChI is InChI=1S/C18H27N3O7S/c1-16(2,3)27-13(22)18(20,14(23)28-17(4,5)6)11-8-7-9-12(10-11)21-15(19)29(24,25)26/h7-10H,20H2,1-6H3,(H2,19,21)(H,24,25,26). The van der Waals surface area contributed by atoms with Crippen LogP contribution < -0.4 is 11.1 Å². The normalized spacial score (nSPS) is 12.8. The Hall–Kier alpha value is -2.50. The van der Waals surface area contributed by atoms with Crippen molar-refractivity contribution in [1.82, 2.24) is 0 Å². The lowest BCUT2D eigenvalue weighted by Crippen LogP contribution is -2.56. The second kappa shape index (κ2) is 8.09. The summed E-state index contributed by atoms with van der Waals surface area (Å²) in [6.45, 7) is 9.62. The number of esters is 2. The summed E-state index contributed by atoms with van der Waals surface area (Å²) in [7, 11) is -4.77. The highest BCUT2D eigenvalue weighted by atomic mass is 32.2. The third-order valence-electron chi connectivity index (χ3n) is 3.28. The third-order valence-corrected chi connectivity index (χ3v) is 3.89. The van der Waals surface area contributed by atoms with E-state index in [0.29, 0.717) is 0 Å². The Kier molecular flexibility index (Phi) is 6.84. The van der Waals surface area contributed by atoms with Crippen LogP contribution in [0.4, 0.5) is 5.69 Å². The van der Waals surface area contributed by atoms with Crippen LogP contribution in [-0.4, -0.2) is 41.3 Å². The van der Waals surface area contributed by atoms with Crippen LogP contribution in [0.1, 0.15) is 47.1 Å². The van der Waals surface area contributed by atoms with Gasteiger partial charge in [0.1, 0.15) is 11.2 Å². The van der Waals surface area contributed by atoms with E-state index in [4.69, 9.17) is 25.2 Å². The molecule has 1 aromatic carbocycles. The maximum Gasteiger partial charge on any atom is 0.343 e. The second-order valence-electron chi connectivity index (χ2n) is 8.32. The molecule has 0 aliphatic carbocycles. The molecule has 0 amide bonds. The molecule has 0 aromatic heterocycles. The van der Waals surface area contributed by atoms with E-state index in [1.54, 1.807) is 41.5 Å². The summed E-state index contributed by atoms with van der Waals surface area (Å²) < 4.78 is 41.6. The second-order valence-corrected chi connectivity index (χ2v) is 9.68. The summed E-state index contributed by atoms with van der Waals surface area (Å²) in [6, 6.07) is 5.28. The van der Waals surface area contributed by atoms with Gasteiger partial charge in [0, 0.05) is 5.69 Å². The predicted molar refractivity (Wildman–Crippen MR) is 107 cm³/mol. The molecule has 1 rings (SSSR count). The molecule has 5 N–H and O–H groups in total. The van der Waals surface area contributed by atoms with E-state index in [-0.39, 0.29) is 11.3 Å². The minimum atomic E-state index is -4.77. The molecule has 0 radical (unpaired) electrons. The van der Waals surface area contributed by atoms with Crippen LogP contribution in [0.3, 0.4) is 0 Å². The van der Waals surface area contributed by atoms with E-state index >= 15 is 0 Å². The number of carbonyl (C=O) groups excluding carboxylic acids is 2. The molecule has 10 nitrogen and oxygen atoms in total. The minimum absolute atomic E-state index is 0.00735. The monoisotopic (exact) mass is 429 g/mol. The number of nitrogens with one attached hydrogen (secondary N) is 2. The van der Waals surface area contributed by atoms with Gasteiger partial charge in [-0.15, -0.1) is 0 Å². The lowest BCUT2D eigenvalue weighted by atomic mass is 9.90. The van der Waals surface area contributed by atoms with Gasteiger partial charge in [0.05, 0.1) is 0 Å². The molecule has 0 aliphatic heterocycles.